The SMILES string of the molecule is CN=C(NCc1cc(C(C)C)no1)NCc1cccnc1OC. The van der Waals surface area contributed by atoms with Crippen LogP contribution in [0, 0.1) is 0 Å². The molecule has 0 saturated heterocycles. The van der Waals surface area contributed by atoms with Crippen LogP contribution in [0.25, 0.3) is 0 Å². The average Bonchev–Trinajstić information content (AvgIpc) is 3.04. The first kappa shape index (κ1) is 16.8. The zero-order valence-corrected chi connectivity index (χ0v) is 14.0. The molecule has 0 amide bonds. The Labute approximate surface area is 136 Å². The highest BCUT2D eigenvalue weighted by atomic mass is 16.5. The van der Waals surface area contributed by atoms with Gasteiger partial charge in [-0.15, -0.1) is 0 Å². The molecular formula is C16H23N5O2. The van der Waals surface area contributed by atoms with Crippen molar-refractivity contribution in [3.8, 4) is 5.88 Å². The molecule has 0 bridgehead atoms. The lowest BCUT2D eigenvalue weighted by Crippen LogP contribution is -2.36. The van der Waals surface area contributed by atoms with Crippen molar-refractivity contribution >= 4 is 5.96 Å². The van der Waals surface area contributed by atoms with Crippen molar-refractivity contribution in [1.29, 1.82) is 0 Å². The van der Waals surface area contributed by atoms with Gasteiger partial charge in [0.1, 0.15) is 0 Å². The number of hydrogen-bond donors (Lipinski definition) is 2. The maximum Gasteiger partial charge on any atom is 0.218 e. The monoisotopic (exact) mass is 317 g/mol. The fraction of sp³-hybridized carbons (Fsp3) is 0.438. The summed E-state index contributed by atoms with van der Waals surface area (Å²) in [7, 11) is 3.32. The highest BCUT2D eigenvalue weighted by Gasteiger charge is 2.09. The predicted octanol–water partition coefficient (Wildman–Crippen LogP) is 2.07. The Bertz CT molecular complexity index is 651. The Morgan fingerprint density at radius 1 is 1.35 bits per heavy atom. The van der Waals surface area contributed by atoms with E-state index in [-0.39, 0.29) is 0 Å². The van der Waals surface area contributed by atoms with Crippen molar-refractivity contribution < 1.29 is 9.26 Å². The largest absolute Gasteiger partial charge is 0.481 e. The van der Waals surface area contributed by atoms with Crippen molar-refractivity contribution in [2.24, 2.45) is 4.99 Å². The van der Waals surface area contributed by atoms with Gasteiger partial charge in [-0.25, -0.2) is 4.98 Å². The molecular weight excluding hydrogens is 294 g/mol. The number of methoxy groups -OCH3 is 1. The van der Waals surface area contributed by atoms with E-state index in [0.29, 0.717) is 30.8 Å². The number of aromatic nitrogens is 2. The zero-order valence-electron chi connectivity index (χ0n) is 14.0. The number of nitrogens with zero attached hydrogens (tertiary/aromatic N) is 3. The molecule has 124 valence electrons. The second-order valence-corrected chi connectivity index (χ2v) is 5.32. The molecule has 23 heavy (non-hydrogen) atoms. The number of rotatable bonds is 6. The van der Waals surface area contributed by atoms with Crippen LogP contribution in [0.4, 0.5) is 0 Å². The van der Waals surface area contributed by atoms with Gasteiger partial charge in [-0.2, -0.15) is 0 Å². The molecule has 2 aromatic rings. The quantitative estimate of drug-likeness (QED) is 0.627. The number of guanidine groups is 1. The molecule has 0 atom stereocenters. The number of pyridine rings is 1. The summed E-state index contributed by atoms with van der Waals surface area (Å²) in [5.41, 5.74) is 1.91. The van der Waals surface area contributed by atoms with Crippen LogP contribution in [0.15, 0.2) is 33.9 Å². The van der Waals surface area contributed by atoms with Gasteiger partial charge in [-0.05, 0) is 12.0 Å². The van der Waals surface area contributed by atoms with E-state index in [1.807, 2.05) is 18.2 Å². The molecule has 0 aliphatic heterocycles. The van der Waals surface area contributed by atoms with E-state index in [1.54, 1.807) is 20.4 Å². The molecule has 7 heteroatoms. The van der Waals surface area contributed by atoms with E-state index in [1.165, 1.54) is 0 Å². The van der Waals surface area contributed by atoms with Gasteiger partial charge in [0.2, 0.25) is 5.88 Å². The minimum atomic E-state index is 0.350. The standard InChI is InChI=1S/C16H23N5O2/c1-11(2)14-8-13(23-21-14)10-20-16(17-3)19-9-12-6-5-7-18-15(12)22-4/h5-8,11H,9-10H2,1-4H3,(H2,17,19,20). The zero-order chi connectivity index (χ0) is 16.7. The van der Waals surface area contributed by atoms with E-state index in [0.717, 1.165) is 17.0 Å². The number of ether oxygens (including phenoxy) is 1. The summed E-state index contributed by atoms with van der Waals surface area (Å²) in [5, 5.41) is 10.4. The Balaban J connectivity index is 1.88. The second kappa shape index (κ2) is 8.17. The Hall–Kier alpha value is -2.57. The van der Waals surface area contributed by atoms with Crippen LogP contribution in [0.5, 0.6) is 5.88 Å². The van der Waals surface area contributed by atoms with Crippen molar-refractivity contribution in [3.63, 3.8) is 0 Å². The van der Waals surface area contributed by atoms with Gasteiger partial charge in [0.15, 0.2) is 11.7 Å². The minimum Gasteiger partial charge on any atom is -0.481 e. The lowest BCUT2D eigenvalue weighted by molar-refractivity contribution is 0.372. The van der Waals surface area contributed by atoms with Crippen LogP contribution < -0.4 is 15.4 Å². The third-order valence-corrected chi connectivity index (χ3v) is 3.31. The van der Waals surface area contributed by atoms with Crippen LogP contribution in [0.2, 0.25) is 0 Å². The number of aliphatic imine (C=N–C) groups is 1. The van der Waals surface area contributed by atoms with E-state index >= 15 is 0 Å². The third-order valence-electron chi connectivity index (χ3n) is 3.31. The Morgan fingerprint density at radius 3 is 2.78 bits per heavy atom. The maximum absolute atomic E-state index is 5.29. The maximum atomic E-state index is 5.29. The predicted molar refractivity (Wildman–Crippen MR) is 88.4 cm³/mol. The van der Waals surface area contributed by atoms with E-state index < -0.39 is 0 Å². The van der Waals surface area contributed by atoms with Gasteiger partial charge in [0.25, 0.3) is 0 Å². The van der Waals surface area contributed by atoms with Gasteiger partial charge < -0.3 is 19.9 Å². The van der Waals surface area contributed by atoms with Crippen LogP contribution in [0.1, 0.15) is 36.8 Å². The van der Waals surface area contributed by atoms with Crippen molar-refractivity contribution in [2.75, 3.05) is 14.2 Å². The van der Waals surface area contributed by atoms with Crippen molar-refractivity contribution in [3.05, 3.63) is 41.4 Å². The normalized spacial score (nSPS) is 11.6. The van der Waals surface area contributed by atoms with Crippen LogP contribution in [0.3, 0.4) is 0 Å². The van der Waals surface area contributed by atoms with E-state index in [2.05, 4.69) is 39.6 Å². The molecule has 7 nitrogen and oxygen atoms in total. The second-order valence-electron chi connectivity index (χ2n) is 5.32. The van der Waals surface area contributed by atoms with Gasteiger partial charge >= 0.3 is 0 Å². The molecule has 0 saturated carbocycles. The molecule has 2 N–H and O–H groups in total. The van der Waals surface area contributed by atoms with Gasteiger partial charge in [-0.3, -0.25) is 4.99 Å². The molecule has 2 rings (SSSR count). The van der Waals surface area contributed by atoms with Gasteiger partial charge in [0.05, 0.1) is 19.3 Å². The van der Waals surface area contributed by atoms with Gasteiger partial charge in [0, 0.05) is 31.4 Å². The highest BCUT2D eigenvalue weighted by molar-refractivity contribution is 5.79. The minimum absolute atomic E-state index is 0.350. The molecule has 0 aliphatic carbocycles. The summed E-state index contributed by atoms with van der Waals surface area (Å²) >= 11 is 0. The molecule has 0 aliphatic rings. The fourth-order valence-corrected chi connectivity index (χ4v) is 2.00. The van der Waals surface area contributed by atoms with E-state index in [4.69, 9.17) is 9.26 Å². The lowest BCUT2D eigenvalue weighted by atomic mass is 10.1. The fourth-order valence-electron chi connectivity index (χ4n) is 2.00. The molecule has 0 aromatic carbocycles. The summed E-state index contributed by atoms with van der Waals surface area (Å²) in [6.45, 7) is 5.24. The van der Waals surface area contributed by atoms with Crippen molar-refractivity contribution in [2.45, 2.75) is 32.9 Å². The Kier molecular flexibility index (Phi) is 5.96. The first-order chi connectivity index (χ1) is 11.1. The molecule has 0 radical (unpaired) electrons. The van der Waals surface area contributed by atoms with Crippen LogP contribution >= 0.6 is 0 Å². The topological polar surface area (TPSA) is 84.6 Å². The third kappa shape index (κ3) is 4.70. The smallest absolute Gasteiger partial charge is 0.218 e. The Morgan fingerprint density at radius 2 is 2.13 bits per heavy atom. The summed E-state index contributed by atoms with van der Waals surface area (Å²) in [5.74, 6) is 2.39. The molecule has 0 spiro atoms. The lowest BCUT2D eigenvalue weighted by Gasteiger charge is -2.12. The average molecular weight is 317 g/mol. The van der Waals surface area contributed by atoms with Crippen LogP contribution in [-0.2, 0) is 13.1 Å². The first-order valence-corrected chi connectivity index (χ1v) is 7.52. The van der Waals surface area contributed by atoms with Crippen molar-refractivity contribution in [1.82, 2.24) is 20.8 Å². The highest BCUT2D eigenvalue weighted by Crippen LogP contribution is 2.14. The number of nitrogens with one attached hydrogen (secondary N) is 2. The summed E-state index contributed by atoms with van der Waals surface area (Å²) < 4.78 is 10.5. The molecule has 2 aromatic heterocycles. The molecule has 2 heterocycles. The summed E-state index contributed by atoms with van der Waals surface area (Å²) in [6.07, 6.45) is 1.70. The van der Waals surface area contributed by atoms with E-state index in [9.17, 15) is 0 Å². The van der Waals surface area contributed by atoms with Crippen LogP contribution in [-0.4, -0.2) is 30.3 Å². The number of hydrogen-bond acceptors (Lipinski definition) is 5. The summed E-state index contributed by atoms with van der Waals surface area (Å²) in [4.78, 5) is 8.35. The molecule has 0 unspecified atom stereocenters. The molecule has 0 fully saturated rings. The first-order valence-electron chi connectivity index (χ1n) is 7.52. The summed E-state index contributed by atoms with van der Waals surface area (Å²) in [6, 6.07) is 5.78. The van der Waals surface area contributed by atoms with Gasteiger partial charge in [-0.1, -0.05) is 25.1 Å².